The highest BCUT2D eigenvalue weighted by Crippen LogP contribution is 2.40. The van der Waals surface area contributed by atoms with Gasteiger partial charge in [-0.25, -0.2) is 4.79 Å². The summed E-state index contributed by atoms with van der Waals surface area (Å²) in [6, 6.07) is 8.55. The Morgan fingerprint density at radius 1 is 1.03 bits per heavy atom. The molecule has 0 unspecified atom stereocenters. The highest BCUT2D eigenvalue weighted by atomic mass is 16.6. The Labute approximate surface area is 179 Å². The monoisotopic (exact) mass is 425 g/mol. The molecule has 1 saturated heterocycles. The van der Waals surface area contributed by atoms with Gasteiger partial charge in [-0.3, -0.25) is 4.79 Å². The number of ether oxygens (including phenoxy) is 5. The van der Waals surface area contributed by atoms with Gasteiger partial charge in [-0.1, -0.05) is 6.07 Å². The van der Waals surface area contributed by atoms with E-state index in [1.807, 2.05) is 0 Å². The van der Waals surface area contributed by atoms with Crippen molar-refractivity contribution < 1.29 is 33.3 Å². The number of hydrogen-bond acceptors (Lipinski definition) is 7. The fourth-order valence-corrected chi connectivity index (χ4v) is 3.48. The lowest BCUT2D eigenvalue weighted by Gasteiger charge is -2.26. The zero-order valence-electron chi connectivity index (χ0n) is 17.6. The van der Waals surface area contributed by atoms with Crippen LogP contribution in [-0.2, 0) is 4.74 Å². The first kappa shape index (κ1) is 20.7. The van der Waals surface area contributed by atoms with E-state index < -0.39 is 6.09 Å². The Morgan fingerprint density at radius 3 is 2.45 bits per heavy atom. The number of hydrogen-bond donors (Lipinski definition) is 0. The van der Waals surface area contributed by atoms with Gasteiger partial charge in [0.1, 0.15) is 11.5 Å². The third-order valence-corrected chi connectivity index (χ3v) is 5.21. The number of amides is 1. The van der Waals surface area contributed by atoms with Crippen LogP contribution in [0, 0.1) is 6.92 Å². The molecule has 31 heavy (non-hydrogen) atoms. The van der Waals surface area contributed by atoms with Crippen molar-refractivity contribution in [3.8, 4) is 23.0 Å². The first-order valence-electron chi connectivity index (χ1n) is 9.86. The predicted octanol–water partition coefficient (Wildman–Crippen LogP) is 3.46. The number of morpholine rings is 1. The van der Waals surface area contributed by atoms with Crippen molar-refractivity contribution in [2.24, 2.45) is 0 Å². The minimum Gasteiger partial charge on any atom is -0.493 e. The minimum absolute atomic E-state index is 0.182. The summed E-state index contributed by atoms with van der Waals surface area (Å²) in [6.07, 6.45) is 1.19. The van der Waals surface area contributed by atoms with Gasteiger partial charge in [0.25, 0.3) is 0 Å². The maximum Gasteiger partial charge on any atom is 0.415 e. The van der Waals surface area contributed by atoms with Gasteiger partial charge in [-0.05, 0) is 42.8 Å². The normalized spacial score (nSPS) is 16.7. The van der Waals surface area contributed by atoms with Crippen molar-refractivity contribution in [2.45, 2.75) is 6.92 Å². The van der Waals surface area contributed by atoms with E-state index in [1.165, 1.54) is 0 Å². The van der Waals surface area contributed by atoms with E-state index in [-0.39, 0.29) is 11.5 Å². The number of ketones is 1. The van der Waals surface area contributed by atoms with Crippen LogP contribution in [0.2, 0.25) is 0 Å². The number of Topliss-reactive ketones (excluding diaryl/α,β-unsaturated/α-hetero) is 1. The molecule has 2 aromatic rings. The fourth-order valence-electron chi connectivity index (χ4n) is 3.48. The van der Waals surface area contributed by atoms with Gasteiger partial charge < -0.3 is 28.6 Å². The largest absolute Gasteiger partial charge is 0.493 e. The molecule has 1 fully saturated rings. The second-order valence-electron chi connectivity index (χ2n) is 7.09. The van der Waals surface area contributed by atoms with Gasteiger partial charge in [0.05, 0.1) is 33.0 Å². The molecule has 1 amide bonds. The minimum atomic E-state index is -0.447. The van der Waals surface area contributed by atoms with E-state index in [0.717, 1.165) is 5.56 Å². The summed E-state index contributed by atoms with van der Waals surface area (Å²) >= 11 is 0. The summed E-state index contributed by atoms with van der Waals surface area (Å²) in [6.45, 7) is 3.69. The van der Waals surface area contributed by atoms with Crippen LogP contribution in [0.15, 0.2) is 36.1 Å². The summed E-state index contributed by atoms with van der Waals surface area (Å²) in [5.74, 6) is 1.84. The van der Waals surface area contributed by atoms with Gasteiger partial charge in [-0.2, -0.15) is 0 Å². The second kappa shape index (κ2) is 8.69. The van der Waals surface area contributed by atoms with Crippen molar-refractivity contribution >= 4 is 18.0 Å². The third-order valence-electron chi connectivity index (χ3n) is 5.21. The Bertz CT molecular complexity index is 1050. The topological polar surface area (TPSA) is 83.5 Å². The number of allylic oxidation sites excluding steroid dienone is 1. The third kappa shape index (κ3) is 4.06. The number of benzene rings is 2. The van der Waals surface area contributed by atoms with Crippen molar-refractivity contribution in [3.05, 3.63) is 52.8 Å². The van der Waals surface area contributed by atoms with Gasteiger partial charge in [0, 0.05) is 18.7 Å². The maximum absolute atomic E-state index is 12.8. The van der Waals surface area contributed by atoms with E-state index in [1.54, 1.807) is 62.5 Å². The Balaban J connectivity index is 1.57. The molecule has 0 saturated carbocycles. The van der Waals surface area contributed by atoms with Gasteiger partial charge in [0.2, 0.25) is 5.78 Å². The molecule has 0 aliphatic carbocycles. The van der Waals surface area contributed by atoms with Crippen molar-refractivity contribution in [2.75, 3.05) is 40.5 Å². The summed E-state index contributed by atoms with van der Waals surface area (Å²) < 4.78 is 27.2. The Hall–Kier alpha value is -3.52. The van der Waals surface area contributed by atoms with E-state index >= 15 is 0 Å². The van der Waals surface area contributed by atoms with Gasteiger partial charge in [0.15, 0.2) is 17.3 Å². The maximum atomic E-state index is 12.8. The first-order chi connectivity index (χ1) is 15.0. The number of nitrogens with zero attached hydrogens (tertiary/aromatic N) is 1. The molecular formula is C23H23NO7. The molecule has 0 atom stereocenters. The summed E-state index contributed by atoms with van der Waals surface area (Å²) in [5, 5.41) is 0. The molecule has 8 nitrogen and oxygen atoms in total. The molecule has 0 aromatic heterocycles. The molecule has 0 N–H and O–H groups in total. The number of fused-ring (bicyclic) bond motifs is 1. The molecule has 2 aliphatic heterocycles. The number of rotatable bonds is 4. The van der Waals surface area contributed by atoms with E-state index in [4.69, 9.17) is 23.7 Å². The molecule has 2 heterocycles. The number of carbonyl (C=O) groups is 2. The Kier molecular flexibility index (Phi) is 5.81. The Morgan fingerprint density at radius 2 is 1.74 bits per heavy atom. The molecule has 0 bridgehead atoms. The molecule has 2 aromatic carbocycles. The standard InChI is InChI=1S/C23H23NO7/c1-14-17(31-23(26)24-8-10-29-11-9-24)7-5-16-21(25)20(30-22(14)16)13-15-4-6-18(27-2)19(12-15)28-3/h4-7,12-13H,8-11H2,1-3H3. The molecular weight excluding hydrogens is 402 g/mol. The van der Waals surface area contributed by atoms with Gasteiger partial charge in [-0.15, -0.1) is 0 Å². The molecule has 8 heteroatoms. The van der Waals surface area contributed by atoms with Crippen LogP contribution >= 0.6 is 0 Å². The lowest BCUT2D eigenvalue weighted by Crippen LogP contribution is -2.42. The zero-order valence-corrected chi connectivity index (χ0v) is 17.6. The molecule has 0 spiro atoms. The van der Waals surface area contributed by atoms with Gasteiger partial charge >= 0.3 is 6.09 Å². The average molecular weight is 425 g/mol. The van der Waals surface area contributed by atoms with Crippen LogP contribution in [0.5, 0.6) is 23.0 Å². The predicted molar refractivity (Wildman–Crippen MR) is 112 cm³/mol. The quantitative estimate of drug-likeness (QED) is 0.694. The van der Waals surface area contributed by atoms with E-state index in [2.05, 4.69) is 0 Å². The van der Waals surface area contributed by atoms with Crippen molar-refractivity contribution in [1.82, 2.24) is 4.90 Å². The lowest BCUT2D eigenvalue weighted by molar-refractivity contribution is 0.0415. The van der Waals surface area contributed by atoms with Crippen LogP contribution in [0.3, 0.4) is 0 Å². The van der Waals surface area contributed by atoms with E-state index in [0.29, 0.717) is 60.4 Å². The zero-order chi connectivity index (χ0) is 22.0. The fraction of sp³-hybridized carbons (Fsp3) is 0.304. The highest BCUT2D eigenvalue weighted by molar-refractivity contribution is 6.15. The smallest absolute Gasteiger partial charge is 0.415 e. The lowest BCUT2D eigenvalue weighted by atomic mass is 10.1. The van der Waals surface area contributed by atoms with Crippen LogP contribution in [0.4, 0.5) is 4.79 Å². The summed E-state index contributed by atoms with van der Waals surface area (Å²) in [5.41, 5.74) is 1.74. The van der Waals surface area contributed by atoms with Crippen LogP contribution in [0.25, 0.3) is 6.08 Å². The first-order valence-corrected chi connectivity index (χ1v) is 9.86. The van der Waals surface area contributed by atoms with E-state index in [9.17, 15) is 9.59 Å². The second-order valence-corrected chi connectivity index (χ2v) is 7.09. The van der Waals surface area contributed by atoms with Crippen molar-refractivity contribution in [1.29, 1.82) is 0 Å². The summed E-state index contributed by atoms with van der Waals surface area (Å²) in [4.78, 5) is 26.8. The summed E-state index contributed by atoms with van der Waals surface area (Å²) in [7, 11) is 3.10. The van der Waals surface area contributed by atoms with Crippen LogP contribution < -0.4 is 18.9 Å². The molecule has 0 radical (unpaired) electrons. The molecule has 162 valence electrons. The molecule has 2 aliphatic rings. The van der Waals surface area contributed by atoms with Crippen LogP contribution in [-0.4, -0.2) is 57.3 Å². The van der Waals surface area contributed by atoms with Crippen molar-refractivity contribution in [3.63, 3.8) is 0 Å². The SMILES string of the molecule is COc1ccc(C=C2Oc3c(ccc(OC(=O)N4CCOCC4)c3C)C2=O)cc1OC. The number of carbonyl (C=O) groups excluding carboxylic acids is 2. The van der Waals surface area contributed by atoms with Crippen LogP contribution in [0.1, 0.15) is 21.5 Å². The highest BCUT2D eigenvalue weighted by Gasteiger charge is 2.31. The molecule has 4 rings (SSSR count). The number of methoxy groups -OCH3 is 2. The average Bonchev–Trinajstić information content (AvgIpc) is 3.12.